The number of nitrogens with zero attached hydrogens (tertiary/aromatic N) is 3. The summed E-state index contributed by atoms with van der Waals surface area (Å²) >= 11 is 6.09. The van der Waals surface area contributed by atoms with Gasteiger partial charge in [-0.3, -0.25) is 4.79 Å². The van der Waals surface area contributed by atoms with E-state index < -0.39 is 0 Å². The number of halogens is 2. The van der Waals surface area contributed by atoms with Gasteiger partial charge in [0.1, 0.15) is 6.54 Å². The first kappa shape index (κ1) is 22.8. The van der Waals surface area contributed by atoms with Gasteiger partial charge in [-0.1, -0.05) is 24.6 Å². The number of aliphatic imine (C=N–C) groups is 1. The van der Waals surface area contributed by atoms with Crippen molar-refractivity contribution in [3.05, 3.63) is 29.3 Å². The zero-order valence-corrected chi connectivity index (χ0v) is 18.6. The summed E-state index contributed by atoms with van der Waals surface area (Å²) in [5, 5.41) is 6.89. The third kappa shape index (κ3) is 7.19. The van der Waals surface area contributed by atoms with E-state index in [1.807, 2.05) is 32.0 Å². The second kappa shape index (κ2) is 12.2. The summed E-state index contributed by atoms with van der Waals surface area (Å²) in [4.78, 5) is 20.8. The number of benzene rings is 1. The van der Waals surface area contributed by atoms with Crippen LogP contribution >= 0.6 is 35.6 Å². The molecular formula is C18H29ClIN5O. The molecule has 0 aromatic heterocycles. The van der Waals surface area contributed by atoms with Crippen LogP contribution in [0.4, 0.5) is 5.69 Å². The van der Waals surface area contributed by atoms with E-state index in [1.165, 1.54) is 0 Å². The monoisotopic (exact) mass is 493 g/mol. The first-order valence-electron chi connectivity index (χ1n) is 8.94. The van der Waals surface area contributed by atoms with Gasteiger partial charge in [0, 0.05) is 50.0 Å². The molecule has 6 nitrogen and oxygen atoms in total. The zero-order valence-electron chi connectivity index (χ0n) is 15.5. The summed E-state index contributed by atoms with van der Waals surface area (Å²) in [6, 6.07) is 7.94. The molecule has 1 aromatic rings. The van der Waals surface area contributed by atoms with Crippen LogP contribution in [-0.4, -0.2) is 62.6 Å². The second-order valence-electron chi connectivity index (χ2n) is 5.97. The molecule has 1 aliphatic rings. The van der Waals surface area contributed by atoms with Gasteiger partial charge in [-0.25, -0.2) is 4.99 Å². The van der Waals surface area contributed by atoms with Crippen LogP contribution in [0.1, 0.15) is 20.3 Å². The molecule has 1 aromatic carbocycles. The number of anilines is 1. The van der Waals surface area contributed by atoms with Crippen molar-refractivity contribution in [3.63, 3.8) is 0 Å². The van der Waals surface area contributed by atoms with Crippen LogP contribution in [0, 0.1) is 0 Å². The van der Waals surface area contributed by atoms with E-state index in [-0.39, 0.29) is 36.4 Å². The summed E-state index contributed by atoms with van der Waals surface area (Å²) in [6.07, 6.45) is 0.932. The van der Waals surface area contributed by atoms with Crippen molar-refractivity contribution in [2.75, 3.05) is 50.7 Å². The lowest BCUT2D eigenvalue weighted by atomic mass is 10.2. The van der Waals surface area contributed by atoms with Crippen molar-refractivity contribution in [1.29, 1.82) is 0 Å². The van der Waals surface area contributed by atoms with Crippen LogP contribution in [0.2, 0.25) is 5.02 Å². The van der Waals surface area contributed by atoms with Crippen LogP contribution in [-0.2, 0) is 4.79 Å². The molecule has 146 valence electrons. The normalized spacial score (nSPS) is 14.7. The van der Waals surface area contributed by atoms with Crippen molar-refractivity contribution in [1.82, 2.24) is 15.5 Å². The number of carbonyl (C=O) groups excluding carboxylic acids is 1. The van der Waals surface area contributed by atoms with Gasteiger partial charge in [-0.15, -0.1) is 24.0 Å². The lowest BCUT2D eigenvalue weighted by molar-refractivity contribution is -0.119. The van der Waals surface area contributed by atoms with Crippen LogP contribution in [0.3, 0.4) is 0 Å². The van der Waals surface area contributed by atoms with Gasteiger partial charge in [-0.05, 0) is 31.5 Å². The van der Waals surface area contributed by atoms with Crippen molar-refractivity contribution >= 4 is 53.1 Å². The highest BCUT2D eigenvalue weighted by atomic mass is 127. The number of hydrogen-bond donors (Lipinski definition) is 2. The number of hydrogen-bond acceptors (Lipinski definition) is 3. The fourth-order valence-corrected chi connectivity index (χ4v) is 2.93. The molecule has 1 amide bonds. The zero-order chi connectivity index (χ0) is 18.1. The summed E-state index contributed by atoms with van der Waals surface area (Å²) in [5.74, 6) is 0.773. The molecule has 0 spiro atoms. The SMILES string of the molecule is CCCNC(=O)CN=C(NCC)N1CCN(c2cccc(Cl)c2)CC1.I. The quantitative estimate of drug-likeness (QED) is 0.363. The van der Waals surface area contributed by atoms with Crippen LogP contribution in [0.25, 0.3) is 0 Å². The number of piperazine rings is 1. The van der Waals surface area contributed by atoms with E-state index in [1.54, 1.807) is 0 Å². The van der Waals surface area contributed by atoms with Crippen LogP contribution < -0.4 is 15.5 Å². The molecule has 1 fully saturated rings. The number of amides is 1. The Morgan fingerprint density at radius 2 is 1.92 bits per heavy atom. The number of rotatable bonds is 6. The molecule has 2 rings (SSSR count). The molecule has 0 saturated carbocycles. The van der Waals surface area contributed by atoms with Gasteiger partial charge in [0.2, 0.25) is 5.91 Å². The Bertz CT molecular complexity index is 591. The maximum Gasteiger partial charge on any atom is 0.241 e. The third-order valence-corrected chi connectivity index (χ3v) is 4.27. The summed E-state index contributed by atoms with van der Waals surface area (Å²) < 4.78 is 0. The molecule has 2 N–H and O–H groups in total. The topological polar surface area (TPSA) is 60.0 Å². The molecular weight excluding hydrogens is 465 g/mol. The van der Waals surface area contributed by atoms with Gasteiger partial charge >= 0.3 is 0 Å². The molecule has 0 unspecified atom stereocenters. The van der Waals surface area contributed by atoms with E-state index in [9.17, 15) is 4.79 Å². The fraction of sp³-hybridized carbons (Fsp3) is 0.556. The lowest BCUT2D eigenvalue weighted by Crippen LogP contribution is -2.52. The molecule has 1 aliphatic heterocycles. The van der Waals surface area contributed by atoms with Gasteiger partial charge in [-0.2, -0.15) is 0 Å². The van der Waals surface area contributed by atoms with Gasteiger partial charge in [0.25, 0.3) is 0 Å². The minimum Gasteiger partial charge on any atom is -0.368 e. The highest BCUT2D eigenvalue weighted by Crippen LogP contribution is 2.20. The predicted octanol–water partition coefficient (Wildman–Crippen LogP) is 2.57. The molecule has 1 saturated heterocycles. The Hall–Kier alpha value is -1.22. The van der Waals surface area contributed by atoms with Crippen molar-refractivity contribution in [2.45, 2.75) is 20.3 Å². The Balaban J connectivity index is 0.00000338. The predicted molar refractivity (Wildman–Crippen MR) is 120 cm³/mol. The Morgan fingerprint density at radius 1 is 1.19 bits per heavy atom. The summed E-state index contributed by atoms with van der Waals surface area (Å²) in [6.45, 7) is 9.22. The lowest BCUT2D eigenvalue weighted by Gasteiger charge is -2.37. The third-order valence-electron chi connectivity index (χ3n) is 4.03. The highest BCUT2D eigenvalue weighted by Gasteiger charge is 2.20. The molecule has 0 aliphatic carbocycles. The van der Waals surface area contributed by atoms with E-state index in [0.717, 1.165) is 55.8 Å². The molecule has 0 bridgehead atoms. The minimum atomic E-state index is -0.0326. The molecule has 8 heteroatoms. The van der Waals surface area contributed by atoms with Gasteiger partial charge in [0.15, 0.2) is 5.96 Å². The minimum absolute atomic E-state index is 0. The van der Waals surface area contributed by atoms with Crippen molar-refractivity contribution in [2.24, 2.45) is 4.99 Å². The molecule has 0 radical (unpaired) electrons. The van der Waals surface area contributed by atoms with E-state index >= 15 is 0 Å². The summed E-state index contributed by atoms with van der Waals surface area (Å²) in [7, 11) is 0. The molecule has 26 heavy (non-hydrogen) atoms. The standard InChI is InChI=1S/C18H28ClN5O.HI/c1-3-8-21-17(25)14-22-18(20-4-2)24-11-9-23(10-12-24)16-7-5-6-15(19)13-16;/h5-7,13H,3-4,8-12,14H2,1-2H3,(H,20,22)(H,21,25);1H. The average Bonchev–Trinajstić information content (AvgIpc) is 2.63. The van der Waals surface area contributed by atoms with E-state index in [4.69, 9.17) is 11.6 Å². The fourth-order valence-electron chi connectivity index (χ4n) is 2.74. The van der Waals surface area contributed by atoms with Crippen LogP contribution in [0.5, 0.6) is 0 Å². The Labute approximate surface area is 178 Å². The molecule has 1 heterocycles. The van der Waals surface area contributed by atoms with E-state index in [0.29, 0.717) is 6.54 Å². The maximum absolute atomic E-state index is 11.8. The van der Waals surface area contributed by atoms with E-state index in [2.05, 4.69) is 31.5 Å². The van der Waals surface area contributed by atoms with Gasteiger partial charge in [0.05, 0.1) is 0 Å². The first-order chi connectivity index (χ1) is 12.1. The largest absolute Gasteiger partial charge is 0.368 e. The number of nitrogens with one attached hydrogen (secondary N) is 2. The summed E-state index contributed by atoms with van der Waals surface area (Å²) in [5.41, 5.74) is 1.15. The Morgan fingerprint density at radius 3 is 2.54 bits per heavy atom. The Kier molecular flexibility index (Phi) is 10.7. The number of carbonyl (C=O) groups is 1. The number of guanidine groups is 1. The second-order valence-corrected chi connectivity index (χ2v) is 6.41. The highest BCUT2D eigenvalue weighted by molar-refractivity contribution is 14.0. The average molecular weight is 494 g/mol. The van der Waals surface area contributed by atoms with Gasteiger partial charge < -0.3 is 20.4 Å². The van der Waals surface area contributed by atoms with Crippen molar-refractivity contribution in [3.8, 4) is 0 Å². The smallest absolute Gasteiger partial charge is 0.241 e. The first-order valence-corrected chi connectivity index (χ1v) is 9.32. The maximum atomic E-state index is 11.8. The van der Waals surface area contributed by atoms with Crippen molar-refractivity contribution < 1.29 is 4.79 Å². The molecule has 0 atom stereocenters. The van der Waals surface area contributed by atoms with Crippen LogP contribution in [0.15, 0.2) is 29.3 Å².